The SMILES string of the molecule is CC(C)N(CC1CC1)C(=O)c1ccc(F)c2ccccc12. The lowest BCUT2D eigenvalue weighted by Gasteiger charge is -2.27. The minimum absolute atomic E-state index is 0.00750. The number of hydrogen-bond donors (Lipinski definition) is 0. The van der Waals surface area contributed by atoms with E-state index < -0.39 is 0 Å². The molecule has 0 unspecified atom stereocenters. The van der Waals surface area contributed by atoms with Crippen molar-refractivity contribution in [2.24, 2.45) is 5.92 Å². The third-order valence-corrected chi connectivity index (χ3v) is 4.14. The lowest BCUT2D eigenvalue weighted by molar-refractivity contribution is 0.0698. The van der Waals surface area contributed by atoms with E-state index in [1.54, 1.807) is 18.2 Å². The molecule has 3 rings (SSSR count). The molecule has 2 nitrogen and oxygen atoms in total. The molecule has 2 aromatic carbocycles. The van der Waals surface area contributed by atoms with Crippen LogP contribution in [0, 0.1) is 11.7 Å². The van der Waals surface area contributed by atoms with E-state index >= 15 is 0 Å². The van der Waals surface area contributed by atoms with Gasteiger partial charge in [0, 0.05) is 23.5 Å². The summed E-state index contributed by atoms with van der Waals surface area (Å²) < 4.78 is 13.9. The van der Waals surface area contributed by atoms with E-state index in [9.17, 15) is 9.18 Å². The third-order valence-electron chi connectivity index (χ3n) is 4.14. The molecule has 0 aliphatic heterocycles. The van der Waals surface area contributed by atoms with E-state index in [4.69, 9.17) is 0 Å². The van der Waals surface area contributed by atoms with Gasteiger partial charge in [-0.1, -0.05) is 24.3 Å². The number of amides is 1. The fourth-order valence-corrected chi connectivity index (χ4v) is 2.71. The van der Waals surface area contributed by atoms with Gasteiger partial charge in [0.05, 0.1) is 0 Å². The van der Waals surface area contributed by atoms with Gasteiger partial charge in [-0.05, 0) is 50.1 Å². The van der Waals surface area contributed by atoms with Crippen molar-refractivity contribution in [3.63, 3.8) is 0 Å². The fraction of sp³-hybridized carbons (Fsp3) is 0.389. The average Bonchev–Trinajstić information content (AvgIpc) is 3.28. The van der Waals surface area contributed by atoms with Crippen LogP contribution in [0.3, 0.4) is 0 Å². The zero-order chi connectivity index (χ0) is 15.0. The number of fused-ring (bicyclic) bond motifs is 1. The average molecular weight is 285 g/mol. The van der Waals surface area contributed by atoms with Gasteiger partial charge in [0.25, 0.3) is 5.91 Å². The highest BCUT2D eigenvalue weighted by molar-refractivity contribution is 6.07. The van der Waals surface area contributed by atoms with E-state index in [0.29, 0.717) is 22.3 Å². The summed E-state index contributed by atoms with van der Waals surface area (Å²) >= 11 is 0. The molecular formula is C18H20FNO. The zero-order valence-corrected chi connectivity index (χ0v) is 12.5. The first-order valence-corrected chi connectivity index (χ1v) is 7.56. The van der Waals surface area contributed by atoms with Crippen LogP contribution in [0.15, 0.2) is 36.4 Å². The molecule has 1 amide bonds. The lowest BCUT2D eigenvalue weighted by atomic mass is 10.0. The molecule has 21 heavy (non-hydrogen) atoms. The van der Waals surface area contributed by atoms with Gasteiger partial charge >= 0.3 is 0 Å². The summed E-state index contributed by atoms with van der Waals surface area (Å²) in [4.78, 5) is 14.8. The van der Waals surface area contributed by atoms with E-state index in [2.05, 4.69) is 0 Å². The Morgan fingerprint density at radius 3 is 2.48 bits per heavy atom. The maximum atomic E-state index is 13.9. The van der Waals surface area contributed by atoms with Crippen LogP contribution in [0.2, 0.25) is 0 Å². The van der Waals surface area contributed by atoms with Gasteiger partial charge in [0.1, 0.15) is 5.82 Å². The Labute approximate surface area is 124 Å². The Morgan fingerprint density at radius 2 is 1.86 bits per heavy atom. The zero-order valence-electron chi connectivity index (χ0n) is 12.5. The van der Waals surface area contributed by atoms with Gasteiger partial charge in [-0.2, -0.15) is 0 Å². The summed E-state index contributed by atoms with van der Waals surface area (Å²) in [5.41, 5.74) is 0.598. The Bertz CT molecular complexity index is 676. The number of carbonyl (C=O) groups is 1. The second-order valence-electron chi connectivity index (χ2n) is 6.14. The normalized spacial score (nSPS) is 14.7. The van der Waals surface area contributed by atoms with Crippen LogP contribution >= 0.6 is 0 Å². The van der Waals surface area contributed by atoms with E-state index in [0.717, 1.165) is 6.54 Å². The second kappa shape index (κ2) is 5.47. The van der Waals surface area contributed by atoms with Crippen molar-refractivity contribution in [1.82, 2.24) is 4.90 Å². The molecule has 1 saturated carbocycles. The van der Waals surface area contributed by atoms with Crippen molar-refractivity contribution in [3.8, 4) is 0 Å². The molecule has 0 bridgehead atoms. The number of hydrogen-bond acceptors (Lipinski definition) is 1. The molecule has 110 valence electrons. The van der Waals surface area contributed by atoms with Gasteiger partial charge < -0.3 is 4.90 Å². The fourth-order valence-electron chi connectivity index (χ4n) is 2.71. The Morgan fingerprint density at radius 1 is 1.19 bits per heavy atom. The first kappa shape index (κ1) is 14.1. The topological polar surface area (TPSA) is 20.3 Å². The Balaban J connectivity index is 2.02. The molecule has 2 aromatic rings. The van der Waals surface area contributed by atoms with Crippen molar-refractivity contribution >= 4 is 16.7 Å². The number of nitrogens with zero attached hydrogens (tertiary/aromatic N) is 1. The molecular weight excluding hydrogens is 265 g/mol. The van der Waals surface area contributed by atoms with Crippen LogP contribution in [0.5, 0.6) is 0 Å². The molecule has 0 atom stereocenters. The summed E-state index contributed by atoms with van der Waals surface area (Å²) in [5.74, 6) is 0.372. The van der Waals surface area contributed by atoms with Crippen molar-refractivity contribution < 1.29 is 9.18 Å². The highest BCUT2D eigenvalue weighted by Crippen LogP contribution is 2.31. The first-order valence-electron chi connectivity index (χ1n) is 7.56. The molecule has 0 radical (unpaired) electrons. The summed E-state index contributed by atoms with van der Waals surface area (Å²) in [5, 5.41) is 1.21. The summed E-state index contributed by atoms with van der Waals surface area (Å²) in [6.07, 6.45) is 2.42. The van der Waals surface area contributed by atoms with Crippen molar-refractivity contribution in [2.75, 3.05) is 6.54 Å². The maximum Gasteiger partial charge on any atom is 0.254 e. The third kappa shape index (κ3) is 2.78. The monoisotopic (exact) mass is 285 g/mol. The van der Waals surface area contributed by atoms with Crippen LogP contribution in [-0.2, 0) is 0 Å². The molecule has 1 aliphatic rings. The van der Waals surface area contributed by atoms with Crippen molar-refractivity contribution in [1.29, 1.82) is 0 Å². The molecule has 1 fully saturated rings. The predicted octanol–water partition coefficient (Wildman–Crippen LogP) is 4.24. The number of carbonyl (C=O) groups excluding carboxylic acids is 1. The molecule has 0 N–H and O–H groups in total. The summed E-state index contributed by atoms with van der Waals surface area (Å²) in [6, 6.07) is 10.3. The highest BCUT2D eigenvalue weighted by atomic mass is 19.1. The second-order valence-corrected chi connectivity index (χ2v) is 6.14. The predicted molar refractivity (Wildman–Crippen MR) is 82.8 cm³/mol. The summed E-state index contributed by atoms with van der Waals surface area (Å²) in [7, 11) is 0. The van der Waals surface area contributed by atoms with E-state index in [1.165, 1.54) is 18.9 Å². The molecule has 0 heterocycles. The Hall–Kier alpha value is -1.90. The molecule has 0 spiro atoms. The standard InChI is InChI=1S/C18H20FNO/c1-12(2)20(11-13-7-8-13)18(21)16-9-10-17(19)15-6-4-3-5-14(15)16/h3-6,9-10,12-13H,7-8,11H2,1-2H3. The smallest absolute Gasteiger partial charge is 0.254 e. The van der Waals surface area contributed by atoms with Gasteiger partial charge in [-0.15, -0.1) is 0 Å². The minimum atomic E-state index is -0.277. The van der Waals surface area contributed by atoms with E-state index in [1.807, 2.05) is 30.9 Å². The largest absolute Gasteiger partial charge is 0.336 e. The minimum Gasteiger partial charge on any atom is -0.336 e. The summed E-state index contributed by atoms with van der Waals surface area (Å²) in [6.45, 7) is 4.88. The number of rotatable bonds is 4. The van der Waals surface area contributed by atoms with Crippen LogP contribution in [0.25, 0.3) is 10.8 Å². The van der Waals surface area contributed by atoms with Gasteiger partial charge in [0.2, 0.25) is 0 Å². The van der Waals surface area contributed by atoms with E-state index in [-0.39, 0.29) is 17.8 Å². The van der Waals surface area contributed by atoms with Crippen LogP contribution in [0.4, 0.5) is 4.39 Å². The molecule has 3 heteroatoms. The first-order chi connectivity index (χ1) is 10.1. The highest BCUT2D eigenvalue weighted by Gasteiger charge is 2.29. The number of benzene rings is 2. The van der Waals surface area contributed by atoms with Crippen LogP contribution in [-0.4, -0.2) is 23.4 Å². The molecule has 0 aromatic heterocycles. The van der Waals surface area contributed by atoms with Crippen molar-refractivity contribution in [3.05, 3.63) is 47.8 Å². The lowest BCUT2D eigenvalue weighted by Crippen LogP contribution is -2.38. The van der Waals surface area contributed by atoms with Crippen molar-refractivity contribution in [2.45, 2.75) is 32.7 Å². The van der Waals surface area contributed by atoms with Crippen LogP contribution in [0.1, 0.15) is 37.0 Å². The van der Waals surface area contributed by atoms with Gasteiger partial charge in [-0.3, -0.25) is 4.79 Å². The Kier molecular flexibility index (Phi) is 3.66. The maximum absolute atomic E-state index is 13.9. The molecule has 0 saturated heterocycles. The molecule has 1 aliphatic carbocycles. The number of halogens is 1. The van der Waals surface area contributed by atoms with Crippen LogP contribution < -0.4 is 0 Å². The van der Waals surface area contributed by atoms with Gasteiger partial charge in [-0.25, -0.2) is 4.39 Å². The quantitative estimate of drug-likeness (QED) is 0.822. The van der Waals surface area contributed by atoms with Gasteiger partial charge in [0.15, 0.2) is 0 Å².